The molecule has 1 rings (SSSR count). The van der Waals surface area contributed by atoms with E-state index in [2.05, 4.69) is 10.3 Å². The summed E-state index contributed by atoms with van der Waals surface area (Å²) in [5, 5.41) is 11.3. The number of pyridine rings is 1. The summed E-state index contributed by atoms with van der Waals surface area (Å²) in [5.41, 5.74) is -1.01. The van der Waals surface area contributed by atoms with Gasteiger partial charge in [-0.15, -0.1) is 0 Å². The number of carboxylic acid groups (broad SMARTS) is 1. The predicted molar refractivity (Wildman–Crippen MR) is 57.9 cm³/mol. The maximum Gasteiger partial charge on any atom is 0.310 e. The van der Waals surface area contributed by atoms with Crippen molar-refractivity contribution in [2.75, 3.05) is 6.54 Å². The van der Waals surface area contributed by atoms with Gasteiger partial charge >= 0.3 is 5.97 Å². The van der Waals surface area contributed by atoms with E-state index in [0.717, 1.165) is 12.3 Å². The van der Waals surface area contributed by atoms with Crippen LogP contribution in [0.25, 0.3) is 0 Å². The van der Waals surface area contributed by atoms with Crippen LogP contribution in [0.5, 0.6) is 0 Å². The predicted octanol–water partition coefficient (Wildman–Crippen LogP) is 1.06. The second kappa shape index (κ2) is 4.90. The maximum atomic E-state index is 12.6. The first-order valence-electron chi connectivity index (χ1n) is 4.96. The second-order valence-corrected chi connectivity index (χ2v) is 4.23. The molecule has 0 aliphatic heterocycles. The third-order valence-electron chi connectivity index (χ3n) is 2.23. The summed E-state index contributed by atoms with van der Waals surface area (Å²) in [6.07, 6.45) is 0.928. The zero-order valence-electron chi connectivity index (χ0n) is 9.53. The van der Waals surface area contributed by atoms with Crippen LogP contribution in [0.15, 0.2) is 18.3 Å². The molecule has 2 N–H and O–H groups in total. The van der Waals surface area contributed by atoms with Gasteiger partial charge in [0.1, 0.15) is 11.5 Å². The standard InChI is InChI=1S/C11H13FN2O3/c1-11(2,10(16)17)6-14-9(15)8-4-3-7(12)5-13-8/h3-5H,6H2,1-2H3,(H,14,15)(H,16,17). The fourth-order valence-electron chi connectivity index (χ4n) is 0.978. The van der Waals surface area contributed by atoms with Crippen LogP contribution in [0, 0.1) is 11.2 Å². The summed E-state index contributed by atoms with van der Waals surface area (Å²) in [5.74, 6) is -2.07. The molecule has 0 aromatic carbocycles. The van der Waals surface area contributed by atoms with E-state index in [9.17, 15) is 14.0 Å². The number of carboxylic acids is 1. The molecule has 0 spiro atoms. The fourth-order valence-corrected chi connectivity index (χ4v) is 0.978. The summed E-state index contributed by atoms with van der Waals surface area (Å²) in [4.78, 5) is 25.9. The summed E-state index contributed by atoms with van der Waals surface area (Å²) in [6, 6.07) is 2.35. The molecule has 17 heavy (non-hydrogen) atoms. The third kappa shape index (κ3) is 3.51. The number of carbonyl (C=O) groups excluding carboxylic acids is 1. The van der Waals surface area contributed by atoms with E-state index < -0.39 is 23.1 Å². The molecule has 0 saturated heterocycles. The van der Waals surface area contributed by atoms with E-state index in [1.54, 1.807) is 0 Å². The molecule has 1 heterocycles. The molecule has 0 aliphatic carbocycles. The SMILES string of the molecule is CC(C)(CNC(=O)c1ccc(F)cn1)C(=O)O. The Balaban J connectivity index is 2.62. The average molecular weight is 240 g/mol. The van der Waals surface area contributed by atoms with Crippen LogP contribution in [-0.2, 0) is 4.79 Å². The van der Waals surface area contributed by atoms with Crippen LogP contribution in [0.4, 0.5) is 4.39 Å². The smallest absolute Gasteiger partial charge is 0.310 e. The van der Waals surface area contributed by atoms with Crippen LogP contribution in [-0.4, -0.2) is 28.5 Å². The number of halogens is 1. The van der Waals surface area contributed by atoms with Crippen LogP contribution in [0.3, 0.4) is 0 Å². The molecule has 0 bridgehead atoms. The van der Waals surface area contributed by atoms with E-state index >= 15 is 0 Å². The summed E-state index contributed by atoms with van der Waals surface area (Å²) in [6.45, 7) is 2.96. The number of aromatic nitrogens is 1. The highest BCUT2D eigenvalue weighted by Crippen LogP contribution is 2.13. The highest BCUT2D eigenvalue weighted by molar-refractivity contribution is 5.92. The fraction of sp³-hybridized carbons (Fsp3) is 0.364. The molecule has 6 heteroatoms. The zero-order valence-corrected chi connectivity index (χ0v) is 9.53. The number of amides is 1. The van der Waals surface area contributed by atoms with E-state index in [0.29, 0.717) is 0 Å². The summed E-state index contributed by atoms with van der Waals surface area (Å²) >= 11 is 0. The number of hydrogen-bond donors (Lipinski definition) is 2. The molecule has 0 saturated carbocycles. The highest BCUT2D eigenvalue weighted by Gasteiger charge is 2.27. The maximum absolute atomic E-state index is 12.6. The lowest BCUT2D eigenvalue weighted by atomic mass is 9.94. The normalized spacial score (nSPS) is 11.0. The van der Waals surface area contributed by atoms with Crippen LogP contribution < -0.4 is 5.32 Å². The molecule has 0 atom stereocenters. The van der Waals surface area contributed by atoms with Crippen molar-refractivity contribution >= 4 is 11.9 Å². The first-order chi connectivity index (χ1) is 7.83. The second-order valence-electron chi connectivity index (χ2n) is 4.23. The quantitative estimate of drug-likeness (QED) is 0.824. The van der Waals surface area contributed by atoms with Crippen LogP contribution in [0.1, 0.15) is 24.3 Å². The van der Waals surface area contributed by atoms with Crippen molar-refractivity contribution in [1.82, 2.24) is 10.3 Å². The van der Waals surface area contributed by atoms with Crippen molar-refractivity contribution in [2.24, 2.45) is 5.41 Å². The largest absolute Gasteiger partial charge is 0.481 e. The van der Waals surface area contributed by atoms with Gasteiger partial charge in [-0.1, -0.05) is 0 Å². The van der Waals surface area contributed by atoms with Gasteiger partial charge in [0.25, 0.3) is 5.91 Å². The molecular formula is C11H13FN2O3. The highest BCUT2D eigenvalue weighted by atomic mass is 19.1. The van der Waals surface area contributed by atoms with Crippen LogP contribution >= 0.6 is 0 Å². The molecule has 0 fully saturated rings. The lowest BCUT2D eigenvalue weighted by Crippen LogP contribution is -2.39. The number of carbonyl (C=O) groups is 2. The van der Waals surface area contributed by atoms with E-state index in [4.69, 9.17) is 5.11 Å². The Bertz CT molecular complexity index is 429. The van der Waals surface area contributed by atoms with Gasteiger partial charge in [0, 0.05) is 6.54 Å². The first kappa shape index (κ1) is 13.1. The van der Waals surface area contributed by atoms with Gasteiger partial charge in [0.05, 0.1) is 11.6 Å². The molecule has 0 unspecified atom stereocenters. The summed E-state index contributed by atoms with van der Waals surface area (Å²) in [7, 11) is 0. The lowest BCUT2D eigenvalue weighted by Gasteiger charge is -2.19. The Kier molecular flexibility index (Phi) is 3.77. The van der Waals surface area contributed by atoms with Crippen LogP contribution in [0.2, 0.25) is 0 Å². The van der Waals surface area contributed by atoms with Gasteiger partial charge in [-0.3, -0.25) is 9.59 Å². The Morgan fingerprint density at radius 1 is 1.47 bits per heavy atom. The van der Waals surface area contributed by atoms with Crippen molar-refractivity contribution in [3.8, 4) is 0 Å². The number of nitrogens with one attached hydrogen (secondary N) is 1. The van der Waals surface area contributed by atoms with Gasteiger partial charge in [-0.2, -0.15) is 0 Å². The number of aliphatic carboxylic acids is 1. The van der Waals surface area contributed by atoms with Crippen molar-refractivity contribution in [3.05, 3.63) is 29.8 Å². The molecule has 0 radical (unpaired) electrons. The Morgan fingerprint density at radius 3 is 2.59 bits per heavy atom. The molecule has 92 valence electrons. The molecule has 5 nitrogen and oxygen atoms in total. The minimum absolute atomic E-state index is 0.0276. The minimum atomic E-state index is -1.06. The monoisotopic (exact) mass is 240 g/mol. The molecular weight excluding hydrogens is 227 g/mol. The molecule has 1 aromatic rings. The van der Waals surface area contributed by atoms with Gasteiger partial charge in [-0.05, 0) is 26.0 Å². The minimum Gasteiger partial charge on any atom is -0.481 e. The molecule has 1 aromatic heterocycles. The Labute approximate surface area is 97.7 Å². The van der Waals surface area contributed by atoms with Gasteiger partial charge in [0.15, 0.2) is 0 Å². The van der Waals surface area contributed by atoms with Crippen molar-refractivity contribution < 1.29 is 19.1 Å². The Hall–Kier alpha value is -1.98. The summed E-state index contributed by atoms with van der Waals surface area (Å²) < 4.78 is 12.6. The zero-order chi connectivity index (χ0) is 13.1. The van der Waals surface area contributed by atoms with Gasteiger partial charge in [0.2, 0.25) is 0 Å². The van der Waals surface area contributed by atoms with Crippen molar-refractivity contribution in [3.63, 3.8) is 0 Å². The van der Waals surface area contributed by atoms with Gasteiger partial charge < -0.3 is 10.4 Å². The Morgan fingerprint density at radius 2 is 2.12 bits per heavy atom. The van der Waals surface area contributed by atoms with Gasteiger partial charge in [-0.25, -0.2) is 9.37 Å². The van der Waals surface area contributed by atoms with Crippen molar-refractivity contribution in [1.29, 1.82) is 0 Å². The van der Waals surface area contributed by atoms with E-state index in [1.807, 2.05) is 0 Å². The van der Waals surface area contributed by atoms with Crippen molar-refractivity contribution in [2.45, 2.75) is 13.8 Å². The number of rotatable bonds is 4. The third-order valence-corrected chi connectivity index (χ3v) is 2.23. The van der Waals surface area contributed by atoms with E-state index in [1.165, 1.54) is 19.9 Å². The number of nitrogens with zero attached hydrogens (tertiary/aromatic N) is 1. The lowest BCUT2D eigenvalue weighted by molar-refractivity contribution is -0.146. The molecule has 0 aliphatic rings. The molecule has 1 amide bonds. The average Bonchev–Trinajstić information content (AvgIpc) is 2.27. The number of hydrogen-bond acceptors (Lipinski definition) is 3. The first-order valence-corrected chi connectivity index (χ1v) is 4.96. The van der Waals surface area contributed by atoms with E-state index in [-0.39, 0.29) is 12.2 Å². The topological polar surface area (TPSA) is 79.3 Å².